The summed E-state index contributed by atoms with van der Waals surface area (Å²) in [4.78, 5) is 12.3. The molecule has 0 spiro atoms. The summed E-state index contributed by atoms with van der Waals surface area (Å²) >= 11 is 0. The fraction of sp³-hybridized carbons (Fsp3) is 0.500. The fourth-order valence-corrected chi connectivity index (χ4v) is 2.39. The quantitative estimate of drug-likeness (QED) is 0.732. The molecule has 1 aromatic rings. The Labute approximate surface area is 108 Å². The Kier molecular flexibility index (Phi) is 4.33. The van der Waals surface area contributed by atoms with Gasteiger partial charge >= 0.3 is 0 Å². The molecule has 18 heavy (non-hydrogen) atoms. The molecule has 1 aliphatic heterocycles. The Balaban J connectivity index is 1.94. The number of hydrogen-bond acceptors (Lipinski definition) is 3. The third-order valence-electron chi connectivity index (χ3n) is 3.67. The van der Waals surface area contributed by atoms with Gasteiger partial charge in [-0.05, 0) is 38.5 Å². The van der Waals surface area contributed by atoms with Gasteiger partial charge in [0.15, 0.2) is 0 Å². The zero-order chi connectivity index (χ0) is 12.8. The number of benzene rings is 1. The van der Waals surface area contributed by atoms with E-state index in [9.17, 15) is 4.79 Å². The molecule has 0 atom stereocenters. The summed E-state index contributed by atoms with van der Waals surface area (Å²) in [5.41, 5.74) is 0.728. The lowest BCUT2D eigenvalue weighted by molar-refractivity contribution is -0.128. The van der Waals surface area contributed by atoms with E-state index in [0.717, 1.165) is 31.5 Å². The first kappa shape index (κ1) is 13.1. The van der Waals surface area contributed by atoms with Gasteiger partial charge < -0.3 is 16.0 Å². The SMILES string of the molecule is CNC1(C(=O)NCc2ccccc2)CCNCC1. The average Bonchev–Trinajstić information content (AvgIpc) is 2.46. The summed E-state index contributed by atoms with van der Waals surface area (Å²) in [6.45, 7) is 2.37. The first-order valence-electron chi connectivity index (χ1n) is 6.49. The molecule has 1 saturated heterocycles. The lowest BCUT2D eigenvalue weighted by Gasteiger charge is -2.35. The third kappa shape index (κ3) is 2.89. The maximum Gasteiger partial charge on any atom is 0.240 e. The number of carbonyl (C=O) groups is 1. The lowest BCUT2D eigenvalue weighted by atomic mass is 9.87. The number of nitrogens with one attached hydrogen (secondary N) is 3. The van der Waals surface area contributed by atoms with Gasteiger partial charge in [0.1, 0.15) is 5.54 Å². The van der Waals surface area contributed by atoms with Crippen LogP contribution < -0.4 is 16.0 Å². The maximum absolute atomic E-state index is 12.3. The summed E-state index contributed by atoms with van der Waals surface area (Å²) in [7, 11) is 1.87. The van der Waals surface area contributed by atoms with Crippen molar-refractivity contribution in [3.8, 4) is 0 Å². The molecule has 1 amide bonds. The van der Waals surface area contributed by atoms with Gasteiger partial charge in [-0.2, -0.15) is 0 Å². The van der Waals surface area contributed by atoms with E-state index in [1.807, 2.05) is 37.4 Å². The topological polar surface area (TPSA) is 53.2 Å². The van der Waals surface area contributed by atoms with Crippen LogP contribution >= 0.6 is 0 Å². The molecule has 0 aromatic heterocycles. The lowest BCUT2D eigenvalue weighted by Crippen LogP contribution is -2.60. The van der Waals surface area contributed by atoms with Crippen LogP contribution in [-0.2, 0) is 11.3 Å². The predicted molar refractivity (Wildman–Crippen MR) is 72.2 cm³/mol. The van der Waals surface area contributed by atoms with Gasteiger partial charge in [-0.25, -0.2) is 0 Å². The molecule has 4 heteroatoms. The van der Waals surface area contributed by atoms with Crippen molar-refractivity contribution in [1.82, 2.24) is 16.0 Å². The number of hydrogen-bond donors (Lipinski definition) is 3. The molecular formula is C14H21N3O. The number of carbonyl (C=O) groups excluding carboxylic acids is 1. The zero-order valence-corrected chi connectivity index (χ0v) is 10.8. The summed E-state index contributed by atoms with van der Waals surface area (Å²) < 4.78 is 0. The van der Waals surface area contributed by atoms with Crippen molar-refractivity contribution in [3.63, 3.8) is 0 Å². The van der Waals surface area contributed by atoms with Crippen molar-refractivity contribution in [2.75, 3.05) is 20.1 Å². The molecule has 1 heterocycles. The number of rotatable bonds is 4. The van der Waals surface area contributed by atoms with Crippen molar-refractivity contribution in [3.05, 3.63) is 35.9 Å². The van der Waals surface area contributed by atoms with E-state index in [1.54, 1.807) is 0 Å². The monoisotopic (exact) mass is 247 g/mol. The van der Waals surface area contributed by atoms with Crippen molar-refractivity contribution in [2.45, 2.75) is 24.9 Å². The fourth-order valence-electron chi connectivity index (χ4n) is 2.39. The van der Waals surface area contributed by atoms with Crippen LogP contribution in [0.4, 0.5) is 0 Å². The largest absolute Gasteiger partial charge is 0.350 e. The van der Waals surface area contributed by atoms with Crippen molar-refractivity contribution >= 4 is 5.91 Å². The van der Waals surface area contributed by atoms with Crippen LogP contribution in [0.1, 0.15) is 18.4 Å². The number of amides is 1. The Hall–Kier alpha value is -1.39. The number of piperidine rings is 1. The minimum atomic E-state index is -0.403. The third-order valence-corrected chi connectivity index (χ3v) is 3.67. The van der Waals surface area contributed by atoms with E-state index < -0.39 is 5.54 Å². The summed E-state index contributed by atoms with van der Waals surface area (Å²) in [5.74, 6) is 0.107. The summed E-state index contributed by atoms with van der Waals surface area (Å²) in [6.07, 6.45) is 1.67. The van der Waals surface area contributed by atoms with E-state index in [4.69, 9.17) is 0 Å². The second kappa shape index (κ2) is 5.98. The first-order valence-corrected chi connectivity index (χ1v) is 6.49. The van der Waals surface area contributed by atoms with Crippen LogP contribution in [0.3, 0.4) is 0 Å². The average molecular weight is 247 g/mol. The van der Waals surface area contributed by atoms with Crippen molar-refractivity contribution < 1.29 is 4.79 Å². The molecule has 0 radical (unpaired) electrons. The molecule has 0 bridgehead atoms. The van der Waals surface area contributed by atoms with E-state index >= 15 is 0 Å². The van der Waals surface area contributed by atoms with Crippen LogP contribution in [0, 0.1) is 0 Å². The van der Waals surface area contributed by atoms with Gasteiger partial charge in [-0.15, -0.1) is 0 Å². The Morgan fingerprint density at radius 2 is 1.94 bits per heavy atom. The normalized spacial score (nSPS) is 18.3. The Bertz CT molecular complexity index is 385. The maximum atomic E-state index is 12.3. The Morgan fingerprint density at radius 3 is 2.56 bits per heavy atom. The van der Waals surface area contributed by atoms with E-state index in [1.165, 1.54) is 0 Å². The zero-order valence-electron chi connectivity index (χ0n) is 10.8. The molecule has 3 N–H and O–H groups in total. The van der Waals surface area contributed by atoms with Gasteiger partial charge in [-0.3, -0.25) is 4.79 Å². The van der Waals surface area contributed by atoms with Gasteiger partial charge in [0.2, 0.25) is 5.91 Å². The highest BCUT2D eigenvalue weighted by molar-refractivity contribution is 5.86. The molecular weight excluding hydrogens is 226 g/mol. The minimum Gasteiger partial charge on any atom is -0.350 e. The highest BCUT2D eigenvalue weighted by atomic mass is 16.2. The first-order chi connectivity index (χ1) is 8.77. The summed E-state index contributed by atoms with van der Waals surface area (Å²) in [5, 5.41) is 9.52. The van der Waals surface area contributed by atoms with Crippen LogP contribution in [-0.4, -0.2) is 31.6 Å². The molecule has 2 rings (SSSR count). The minimum absolute atomic E-state index is 0.107. The molecule has 0 unspecified atom stereocenters. The Morgan fingerprint density at radius 1 is 1.28 bits per heavy atom. The van der Waals surface area contributed by atoms with Gasteiger partial charge in [-0.1, -0.05) is 30.3 Å². The van der Waals surface area contributed by atoms with Crippen LogP contribution in [0.5, 0.6) is 0 Å². The van der Waals surface area contributed by atoms with Crippen LogP contribution in [0.15, 0.2) is 30.3 Å². The molecule has 98 valence electrons. The molecule has 1 aliphatic rings. The highest BCUT2D eigenvalue weighted by Gasteiger charge is 2.37. The molecule has 4 nitrogen and oxygen atoms in total. The summed E-state index contributed by atoms with van der Waals surface area (Å²) in [6, 6.07) is 10.00. The van der Waals surface area contributed by atoms with E-state index in [0.29, 0.717) is 6.54 Å². The number of likely N-dealkylation sites (N-methyl/N-ethyl adjacent to an activating group) is 1. The highest BCUT2D eigenvalue weighted by Crippen LogP contribution is 2.18. The van der Waals surface area contributed by atoms with Crippen molar-refractivity contribution in [2.24, 2.45) is 0 Å². The predicted octanol–water partition coefficient (Wildman–Crippen LogP) is 0.644. The second-order valence-corrected chi connectivity index (χ2v) is 4.75. The molecule has 0 aliphatic carbocycles. The van der Waals surface area contributed by atoms with Crippen LogP contribution in [0.25, 0.3) is 0 Å². The second-order valence-electron chi connectivity index (χ2n) is 4.75. The molecule has 1 aromatic carbocycles. The van der Waals surface area contributed by atoms with Crippen LogP contribution in [0.2, 0.25) is 0 Å². The molecule has 1 fully saturated rings. The van der Waals surface area contributed by atoms with Gasteiger partial charge in [0.05, 0.1) is 0 Å². The van der Waals surface area contributed by atoms with Gasteiger partial charge in [0, 0.05) is 6.54 Å². The van der Waals surface area contributed by atoms with E-state index in [2.05, 4.69) is 16.0 Å². The van der Waals surface area contributed by atoms with Gasteiger partial charge in [0.25, 0.3) is 0 Å². The van der Waals surface area contributed by atoms with Crippen molar-refractivity contribution in [1.29, 1.82) is 0 Å². The van der Waals surface area contributed by atoms with E-state index in [-0.39, 0.29) is 5.91 Å². The smallest absolute Gasteiger partial charge is 0.240 e. The molecule has 0 saturated carbocycles. The standard InChI is InChI=1S/C14H21N3O/c1-15-14(7-9-16-10-8-14)13(18)17-11-12-5-3-2-4-6-12/h2-6,15-16H,7-11H2,1H3,(H,17,18).